The summed E-state index contributed by atoms with van der Waals surface area (Å²) in [6.45, 7) is 5.31. The summed E-state index contributed by atoms with van der Waals surface area (Å²) in [5.74, 6) is -0.274. The molecule has 190 valence electrons. The number of aryl methyl sites for hydroxylation is 2. The van der Waals surface area contributed by atoms with Crippen molar-refractivity contribution < 1.29 is 28.7 Å². The summed E-state index contributed by atoms with van der Waals surface area (Å²) in [6.07, 6.45) is 1.48. The molecule has 1 aliphatic rings. The Bertz CT molecular complexity index is 1260. The van der Waals surface area contributed by atoms with Crippen molar-refractivity contribution >= 4 is 33.7 Å². The second-order valence-electron chi connectivity index (χ2n) is 8.89. The van der Waals surface area contributed by atoms with Crippen molar-refractivity contribution in [3.63, 3.8) is 0 Å². The second kappa shape index (κ2) is 11.1. The smallest absolute Gasteiger partial charge is 0.412 e. The summed E-state index contributed by atoms with van der Waals surface area (Å²) in [5, 5.41) is 16.0. The monoisotopic (exact) mass is 557 g/mol. The number of anilines is 1. The maximum absolute atomic E-state index is 12.7. The van der Waals surface area contributed by atoms with Gasteiger partial charge in [-0.3, -0.25) is 10.1 Å². The molecule has 1 fully saturated rings. The van der Waals surface area contributed by atoms with Gasteiger partial charge in [-0.25, -0.2) is 9.78 Å². The fourth-order valence-electron chi connectivity index (χ4n) is 4.31. The Morgan fingerprint density at radius 1 is 1.17 bits per heavy atom. The zero-order valence-electron chi connectivity index (χ0n) is 20.3. The number of benzene rings is 1. The van der Waals surface area contributed by atoms with Crippen molar-refractivity contribution in [2.45, 2.75) is 58.7 Å². The predicted octanol–water partition coefficient (Wildman–Crippen LogP) is 6.45. The number of aliphatic carboxylic acids is 1. The number of hydrogen-bond donors (Lipinski definition) is 2. The van der Waals surface area contributed by atoms with Gasteiger partial charge in [0.05, 0.1) is 17.7 Å². The van der Waals surface area contributed by atoms with Gasteiger partial charge in [-0.15, -0.1) is 0 Å². The first-order valence-electron chi connectivity index (χ1n) is 11.8. The molecule has 1 aromatic carbocycles. The summed E-state index contributed by atoms with van der Waals surface area (Å²) >= 11 is 3.47. The highest BCUT2D eigenvalue weighted by Gasteiger charge is 2.29. The lowest BCUT2D eigenvalue weighted by Crippen LogP contribution is -2.29. The van der Waals surface area contributed by atoms with Gasteiger partial charge in [-0.05, 0) is 64.7 Å². The highest BCUT2D eigenvalue weighted by Crippen LogP contribution is 2.34. The molecule has 0 spiro atoms. The van der Waals surface area contributed by atoms with Crippen LogP contribution < -0.4 is 10.1 Å². The van der Waals surface area contributed by atoms with Crippen LogP contribution in [0.15, 0.2) is 45.4 Å². The van der Waals surface area contributed by atoms with E-state index >= 15 is 0 Å². The zero-order valence-corrected chi connectivity index (χ0v) is 21.9. The van der Waals surface area contributed by atoms with Gasteiger partial charge in [0.2, 0.25) is 5.76 Å². The minimum Gasteiger partial charge on any atom is -0.489 e. The number of ether oxygens (including phenoxy) is 2. The van der Waals surface area contributed by atoms with E-state index in [0.717, 1.165) is 22.9 Å². The molecular formula is C26H28BrN3O6. The van der Waals surface area contributed by atoms with E-state index in [9.17, 15) is 14.7 Å². The third-order valence-corrected chi connectivity index (χ3v) is 6.98. The van der Waals surface area contributed by atoms with Crippen molar-refractivity contribution in [2.75, 3.05) is 5.32 Å². The summed E-state index contributed by atoms with van der Waals surface area (Å²) in [7, 11) is 0. The molecular weight excluding hydrogens is 530 g/mol. The predicted molar refractivity (Wildman–Crippen MR) is 136 cm³/mol. The number of carboxylic acids is 1. The van der Waals surface area contributed by atoms with E-state index in [1.54, 1.807) is 32.9 Å². The Balaban J connectivity index is 1.46. The van der Waals surface area contributed by atoms with Gasteiger partial charge in [-0.1, -0.05) is 39.3 Å². The summed E-state index contributed by atoms with van der Waals surface area (Å²) < 4.78 is 18.0. The van der Waals surface area contributed by atoms with Crippen molar-refractivity contribution in [2.24, 2.45) is 5.92 Å². The van der Waals surface area contributed by atoms with E-state index in [1.165, 1.54) is 0 Å². The molecule has 0 saturated heterocycles. The van der Waals surface area contributed by atoms with Crippen LogP contribution in [0.2, 0.25) is 0 Å². The first kappa shape index (κ1) is 25.7. The first-order valence-corrected chi connectivity index (χ1v) is 12.6. The van der Waals surface area contributed by atoms with Crippen molar-refractivity contribution in [3.05, 3.63) is 57.8 Å². The highest BCUT2D eigenvalue weighted by molar-refractivity contribution is 9.10. The summed E-state index contributed by atoms with van der Waals surface area (Å²) in [6, 6.07) is 11.0. The topological polar surface area (TPSA) is 124 Å². The lowest BCUT2D eigenvalue weighted by molar-refractivity contribution is -0.143. The molecule has 4 rings (SSSR count). The number of carbonyl (C=O) groups excluding carboxylic acids is 1. The normalized spacial score (nSPS) is 18.3. The Kier molecular flexibility index (Phi) is 7.93. The molecule has 2 aromatic heterocycles. The largest absolute Gasteiger partial charge is 0.489 e. The number of halogens is 1. The SMILES string of the molecule is Cc1nc(-c2onc(C)c2NC(=O)O[C@H](C)c2ccccc2Br)ccc1OC1CCCC(C(=O)O)C1. The lowest BCUT2D eigenvalue weighted by Gasteiger charge is -2.27. The Hall–Kier alpha value is -3.40. The van der Waals surface area contributed by atoms with Crippen LogP contribution in [0.25, 0.3) is 11.5 Å². The van der Waals surface area contributed by atoms with Crippen LogP contribution in [0.5, 0.6) is 5.75 Å². The summed E-state index contributed by atoms with van der Waals surface area (Å²) in [5.41, 5.74) is 2.79. The van der Waals surface area contributed by atoms with Gasteiger partial charge in [0.25, 0.3) is 0 Å². The zero-order chi connectivity index (χ0) is 25.8. The van der Waals surface area contributed by atoms with Gasteiger partial charge < -0.3 is 19.1 Å². The maximum Gasteiger partial charge on any atom is 0.412 e. The Morgan fingerprint density at radius 3 is 2.67 bits per heavy atom. The molecule has 2 heterocycles. The van der Waals surface area contributed by atoms with E-state index in [2.05, 4.69) is 31.4 Å². The second-order valence-corrected chi connectivity index (χ2v) is 9.74. The van der Waals surface area contributed by atoms with Gasteiger partial charge in [0.1, 0.15) is 28.9 Å². The molecule has 1 aliphatic carbocycles. The summed E-state index contributed by atoms with van der Waals surface area (Å²) in [4.78, 5) is 28.6. The van der Waals surface area contributed by atoms with Crippen molar-refractivity contribution in [1.82, 2.24) is 10.1 Å². The molecule has 9 nitrogen and oxygen atoms in total. The van der Waals surface area contributed by atoms with E-state index in [1.807, 2.05) is 24.3 Å². The molecule has 0 bridgehead atoms. The van der Waals surface area contributed by atoms with Gasteiger partial charge in [0, 0.05) is 10.0 Å². The number of amides is 1. The average molecular weight is 558 g/mol. The molecule has 10 heteroatoms. The van der Waals surface area contributed by atoms with E-state index < -0.39 is 18.2 Å². The van der Waals surface area contributed by atoms with Gasteiger partial charge in [-0.2, -0.15) is 0 Å². The van der Waals surface area contributed by atoms with Crippen LogP contribution in [0, 0.1) is 19.8 Å². The Labute approximate surface area is 217 Å². The van der Waals surface area contributed by atoms with Crippen LogP contribution >= 0.6 is 15.9 Å². The molecule has 3 atom stereocenters. The molecule has 2 N–H and O–H groups in total. The third kappa shape index (κ3) is 5.87. The van der Waals surface area contributed by atoms with Crippen LogP contribution in [0.4, 0.5) is 10.5 Å². The standard InChI is InChI=1S/C26H28BrN3O6/c1-14-22(35-18-8-6-7-17(13-18)25(31)32)12-11-21(28-14)24-23(15(2)30-36-24)29-26(33)34-16(3)19-9-4-5-10-20(19)27/h4-5,9-12,16-18H,6-8,13H2,1-3H3,(H,29,33)(H,31,32)/t16-,17?,18?/m1/s1. The number of pyridine rings is 1. The Morgan fingerprint density at radius 2 is 1.94 bits per heavy atom. The minimum atomic E-state index is -0.779. The van der Waals surface area contributed by atoms with Gasteiger partial charge >= 0.3 is 12.1 Å². The minimum absolute atomic E-state index is 0.169. The number of rotatable bonds is 7. The highest BCUT2D eigenvalue weighted by atomic mass is 79.9. The number of carboxylic acid groups (broad SMARTS) is 1. The third-order valence-electron chi connectivity index (χ3n) is 6.26. The fourth-order valence-corrected chi connectivity index (χ4v) is 4.91. The molecule has 0 aliphatic heterocycles. The lowest BCUT2D eigenvalue weighted by atomic mass is 9.87. The molecule has 1 saturated carbocycles. The van der Waals surface area contributed by atoms with Crippen molar-refractivity contribution in [1.29, 1.82) is 0 Å². The number of carbonyl (C=O) groups is 2. The number of nitrogens with one attached hydrogen (secondary N) is 1. The van der Waals surface area contributed by atoms with Crippen LogP contribution in [0.3, 0.4) is 0 Å². The maximum atomic E-state index is 12.7. The van der Waals surface area contributed by atoms with Crippen LogP contribution in [-0.4, -0.2) is 33.4 Å². The van der Waals surface area contributed by atoms with Crippen LogP contribution in [0.1, 0.15) is 55.7 Å². The van der Waals surface area contributed by atoms with Gasteiger partial charge in [0.15, 0.2) is 0 Å². The fraction of sp³-hybridized carbons (Fsp3) is 0.385. The molecule has 1 amide bonds. The molecule has 0 radical (unpaired) electrons. The first-order chi connectivity index (χ1) is 17.2. The average Bonchev–Trinajstić information content (AvgIpc) is 3.20. The molecule has 36 heavy (non-hydrogen) atoms. The molecule has 2 unspecified atom stereocenters. The van der Waals surface area contributed by atoms with Crippen molar-refractivity contribution in [3.8, 4) is 17.2 Å². The number of aromatic nitrogens is 2. The number of nitrogens with zero attached hydrogens (tertiary/aromatic N) is 2. The quantitative estimate of drug-likeness (QED) is 0.339. The van der Waals surface area contributed by atoms with E-state index in [0.29, 0.717) is 47.1 Å². The van der Waals surface area contributed by atoms with E-state index in [4.69, 9.17) is 14.0 Å². The van der Waals surface area contributed by atoms with Crippen LogP contribution in [-0.2, 0) is 9.53 Å². The van der Waals surface area contributed by atoms with E-state index in [-0.39, 0.29) is 12.0 Å². The molecule has 3 aromatic rings. The number of hydrogen-bond acceptors (Lipinski definition) is 7.